The summed E-state index contributed by atoms with van der Waals surface area (Å²) in [5, 5.41) is 54.8. The number of nitrogens with zero attached hydrogens (tertiary/aromatic N) is 6. The Balaban J connectivity index is 0.000000343. The van der Waals surface area contributed by atoms with E-state index in [0.29, 0.717) is 27.2 Å². The molecule has 769 valence electrons. The van der Waals surface area contributed by atoms with Gasteiger partial charge in [0.1, 0.15) is 29.6 Å². The third-order valence-electron chi connectivity index (χ3n) is 27.0. The van der Waals surface area contributed by atoms with Gasteiger partial charge in [0.25, 0.3) is 0 Å². The van der Waals surface area contributed by atoms with Gasteiger partial charge in [0, 0.05) is 16.3 Å². The van der Waals surface area contributed by atoms with Crippen LogP contribution in [0, 0.1) is 126 Å². The van der Waals surface area contributed by atoms with E-state index in [1.807, 2.05) is 135 Å². The molecule has 2 N–H and O–H groups in total. The minimum absolute atomic E-state index is 0. The zero-order valence-corrected chi connectivity index (χ0v) is 98.9. The van der Waals surface area contributed by atoms with Crippen LogP contribution in [0.1, 0.15) is 297 Å². The number of esters is 3. The van der Waals surface area contributed by atoms with Crippen LogP contribution in [0.5, 0.6) is 0 Å². The van der Waals surface area contributed by atoms with Gasteiger partial charge in [0.2, 0.25) is 0 Å². The second-order valence-electron chi connectivity index (χ2n) is 38.5. The van der Waals surface area contributed by atoms with E-state index in [-0.39, 0.29) is 133 Å². The van der Waals surface area contributed by atoms with Gasteiger partial charge in [-0.25, -0.2) is 45.5 Å². The summed E-state index contributed by atoms with van der Waals surface area (Å²) < 4.78 is 131. The summed E-state index contributed by atoms with van der Waals surface area (Å²) in [5.41, 5.74) is 5.65. The van der Waals surface area contributed by atoms with Crippen molar-refractivity contribution < 1.29 is 150 Å². The van der Waals surface area contributed by atoms with Crippen LogP contribution in [0.2, 0.25) is 0 Å². The number of aryl methyl sites for hydroxylation is 5. The standard InChI is InChI=1S/C24H31P.C15H19BBrFO4.C15H20BFO4.C14H20N4.C9H8FIO2.C8H5FIN.C8H6FIO2.C8H6FN.C6H12BO2.ClH.K.H2O/c1-4-12-20(13-5-1)23-18-10-11-19-24(23)25(21-14-6-2-7-15-21)22-16-8-3-9-17-22;1-14(2)15(3,4)22-16(21-14)11-9(8-17)6-7-10(12(11)18)13(19)20-5;1-9-7-8-10(13(18)19-6)12(17)11(9)16-20-14(2,3)15(4,5)21-16;15-11-13(7-3-1-4-8-13)17-18-14(12-16)9-5-2-6-10-14;1-5-3-4-6(9(12)13-2)7(10)8(5)11;1-5-2-3-6(4-11)7(9)8(5)10;1-4-2-3-5(8(11)12)6(9)7(4)10;1-6-2-3-7(5-10)8(9)4-6;1-5(2)6(3,4)9-7-8-5;;;/h1,4-5,10-13,18-19,21-22H,2-3,6-9,14-17H2;6-7H,8H2,1-5H3;7-8H,1-6H3;1-10H2;3-4H,1-2H3;2-3H,1H3;2-3H,1H3,(H,11,12);2-4H,1H3;1-4H3;1H;;1H2/q;;;;;;;;;;+1;/p-1. The number of hydrogen-bond donors (Lipinski definition) is 1. The van der Waals surface area contributed by atoms with Crippen LogP contribution in [0.25, 0.3) is 11.1 Å². The molecule has 15 rings (SSSR count). The van der Waals surface area contributed by atoms with Crippen molar-refractivity contribution in [1.82, 2.24) is 0 Å². The van der Waals surface area contributed by atoms with Crippen molar-refractivity contribution >= 4 is 166 Å². The Morgan fingerprint density at radius 1 is 0.458 bits per heavy atom. The number of methoxy groups -OCH3 is 3. The number of ether oxygens (including phenoxy) is 3. The molecule has 4 aliphatic carbocycles. The van der Waals surface area contributed by atoms with Crippen molar-refractivity contribution in [3.8, 4) is 35.4 Å². The number of carbonyl (C=O) groups is 4. The fourth-order valence-electron chi connectivity index (χ4n) is 16.1. The molecule has 3 heterocycles. The Morgan fingerprint density at radius 2 is 0.806 bits per heavy atom. The van der Waals surface area contributed by atoms with Crippen LogP contribution in [0.15, 0.2) is 144 Å². The molecule has 0 spiro atoms. The molecule has 0 atom stereocenters. The summed E-state index contributed by atoms with van der Waals surface area (Å²) in [6.07, 6.45) is 24.4. The zero-order valence-electron chi connectivity index (χ0n) is 86.0. The molecule has 7 aliphatic rings. The zero-order chi connectivity index (χ0) is 105. The van der Waals surface area contributed by atoms with Gasteiger partial charge in [0.15, 0.2) is 28.5 Å². The van der Waals surface area contributed by atoms with E-state index >= 15 is 0 Å². The number of nitriles is 4. The predicted molar refractivity (Wildman–Crippen MR) is 580 cm³/mol. The van der Waals surface area contributed by atoms with E-state index in [0.717, 1.165) is 84.9 Å². The number of carboxylic acid groups (broad SMARTS) is 1. The fourth-order valence-corrected chi connectivity index (χ4v) is 21.9. The van der Waals surface area contributed by atoms with Crippen molar-refractivity contribution in [2.24, 2.45) is 10.2 Å². The number of alkyl halides is 1. The smallest absolute Gasteiger partial charge is 0.870 e. The molecule has 4 saturated carbocycles. The van der Waals surface area contributed by atoms with Crippen molar-refractivity contribution in [2.75, 3.05) is 21.3 Å². The van der Waals surface area contributed by atoms with Crippen molar-refractivity contribution in [3.05, 3.63) is 246 Å². The first-order valence-corrected chi connectivity index (χ1v) is 52.9. The summed E-state index contributed by atoms with van der Waals surface area (Å²) in [5.74, 6) is -6.64. The number of halogens is 11. The Hall–Kier alpha value is -6.28. The molecular weight excluding hydrogens is 2320 g/mol. The van der Waals surface area contributed by atoms with Crippen LogP contribution >= 0.6 is 104 Å². The van der Waals surface area contributed by atoms with Crippen LogP contribution in [0.4, 0.5) is 26.3 Å². The summed E-state index contributed by atoms with van der Waals surface area (Å²) in [7, 11) is 3.33. The molecule has 144 heavy (non-hydrogen) atoms. The number of hydrogen-bond acceptors (Lipinski definition) is 20. The van der Waals surface area contributed by atoms with Gasteiger partial charge in [-0.3, -0.25) is 0 Å². The first kappa shape index (κ1) is 130. The van der Waals surface area contributed by atoms with E-state index in [2.05, 4.69) is 107 Å². The van der Waals surface area contributed by atoms with Crippen LogP contribution in [-0.2, 0) is 47.5 Å². The molecule has 21 nitrogen and oxygen atoms in total. The second-order valence-corrected chi connectivity index (χ2v) is 45.0. The van der Waals surface area contributed by atoms with Gasteiger partial charge >= 0.3 is 97.2 Å². The van der Waals surface area contributed by atoms with Gasteiger partial charge in [-0.2, -0.15) is 31.3 Å². The molecule has 0 bridgehead atoms. The number of benzene rings is 8. The maximum Gasteiger partial charge on any atom is 1.00 e. The van der Waals surface area contributed by atoms with E-state index in [1.165, 1.54) is 160 Å². The van der Waals surface area contributed by atoms with Gasteiger partial charge in [0.05, 0.1) is 111 Å². The predicted octanol–water partition coefficient (Wildman–Crippen LogP) is 24.0. The quantitative estimate of drug-likeness (QED) is 0.0164. The molecule has 0 aromatic heterocycles. The maximum atomic E-state index is 14.8. The number of rotatable bonds is 13. The average molecular weight is 2450 g/mol. The molecule has 8 aromatic rings. The fraction of sp³-hybridized carbons (Fsp3) is 0.477. The van der Waals surface area contributed by atoms with E-state index in [9.17, 15) is 56.0 Å². The molecule has 0 amide bonds. The van der Waals surface area contributed by atoms with E-state index in [4.69, 9.17) is 43.6 Å². The minimum Gasteiger partial charge on any atom is -0.870 e. The molecule has 37 heteroatoms. The summed E-state index contributed by atoms with van der Waals surface area (Å²) >= 11 is 8.87. The van der Waals surface area contributed by atoms with Crippen LogP contribution < -0.4 is 67.6 Å². The Morgan fingerprint density at radius 3 is 1.19 bits per heavy atom. The van der Waals surface area contributed by atoms with Crippen LogP contribution in [0.3, 0.4) is 0 Å². The first-order valence-electron chi connectivity index (χ1n) is 47.0. The summed E-state index contributed by atoms with van der Waals surface area (Å²) in [6.45, 7) is 32.0. The number of carbonyl (C=O) groups excluding carboxylic acids is 3. The third kappa shape index (κ3) is 34.6. The van der Waals surface area contributed by atoms with Crippen molar-refractivity contribution in [3.63, 3.8) is 0 Å². The average Bonchev–Trinajstić information content (AvgIpc) is 1.52. The molecule has 1 radical (unpaired) electrons. The van der Waals surface area contributed by atoms with Crippen molar-refractivity contribution in [1.29, 1.82) is 21.0 Å². The van der Waals surface area contributed by atoms with E-state index < -0.39 is 106 Å². The van der Waals surface area contributed by atoms with Gasteiger partial charge < -0.3 is 52.7 Å². The van der Waals surface area contributed by atoms with Gasteiger partial charge in [-0.1, -0.05) is 166 Å². The summed E-state index contributed by atoms with van der Waals surface area (Å²) in [4.78, 5) is 44.8. The van der Waals surface area contributed by atoms with Gasteiger partial charge in [-0.05, 0) is 366 Å². The number of azo groups is 1. The molecule has 7 fully saturated rings. The van der Waals surface area contributed by atoms with E-state index in [1.54, 1.807) is 104 Å². The molecule has 3 aliphatic heterocycles. The monoisotopic (exact) mass is 2450 g/mol. The maximum absolute atomic E-state index is 14.8. The molecular formula is C107H129B3BrClF6I3KN6O15P. The summed E-state index contributed by atoms with van der Waals surface area (Å²) in [6, 6.07) is 48.6. The molecule has 0 unspecified atom stereocenters. The molecule has 8 aromatic carbocycles. The largest absolute Gasteiger partial charge is 1.00 e. The topological polar surface area (TPSA) is 321 Å². The van der Waals surface area contributed by atoms with Crippen molar-refractivity contribution in [2.45, 2.75) is 307 Å². The number of carboxylic acids is 1. The number of aromatic carboxylic acids is 1. The first-order chi connectivity index (χ1) is 66.4. The normalized spacial score (nSPS) is 17.5. The second kappa shape index (κ2) is 59.5. The van der Waals surface area contributed by atoms with Crippen LogP contribution in [-0.4, -0.2) is 134 Å². The molecule has 3 saturated heterocycles. The Labute approximate surface area is 946 Å². The third-order valence-corrected chi connectivity index (χ3v) is 35.1. The Bertz CT molecular complexity index is 5770. The Kier molecular flexibility index (Phi) is 53.7. The SMILES string of the molecule is CC1(C)O[B]OC1(C)C.COC(=O)c1ccc(C)c(B2OC(C)(C)C(C)(C)O2)c1F.COC(=O)c1ccc(C)c(I)c1F.COC(=O)c1ccc(CBr)c(B2OC(C)(C)C(C)(C)O2)c1F.Cc1ccc(C#N)c(F)c1.Cc1ccc(C#N)c(F)c1I.Cc1ccc(C(=O)O)c(F)c1I.Cl.N#CC1(N=NC2(C#N)CCCCC2)CCCCC1.[K+].[OH-].c1ccc(-c2ccccc2P(C2CCCCC2)C2CCCCC2)cc1. The van der Waals surface area contributed by atoms with Gasteiger partial charge in [-0.15, -0.1) is 12.4 Å². The minimum atomic E-state index is -1.23.